The van der Waals surface area contributed by atoms with E-state index >= 15 is 0 Å². The van der Waals surface area contributed by atoms with E-state index in [1.807, 2.05) is 6.07 Å². The van der Waals surface area contributed by atoms with Crippen LogP contribution in [0, 0.1) is 0 Å². The summed E-state index contributed by atoms with van der Waals surface area (Å²) in [5.74, 6) is 3.78. The first-order valence-electron chi connectivity index (χ1n) is 38.2. The van der Waals surface area contributed by atoms with Crippen LogP contribution >= 0.6 is 15.9 Å². The van der Waals surface area contributed by atoms with Crippen molar-refractivity contribution < 1.29 is 9.47 Å². The van der Waals surface area contributed by atoms with Gasteiger partial charge in [-0.05, 0) is 177 Å². The smallest absolute Gasteiger partial charge is 0.139 e. The second-order valence-corrected chi connectivity index (χ2v) is 30.9. The third kappa shape index (κ3) is 13.6. The molecule has 0 bridgehead atoms. The highest BCUT2D eigenvalue weighted by Gasteiger charge is 2.37. The van der Waals surface area contributed by atoms with Gasteiger partial charge in [0.15, 0.2) is 0 Å². The molecular weight excluding hydrogens is 1410 g/mol. The van der Waals surface area contributed by atoms with E-state index in [1.54, 1.807) is 0 Å². The Balaban J connectivity index is 0.000000130. The highest BCUT2D eigenvalue weighted by Crippen LogP contribution is 2.53. The first-order chi connectivity index (χ1) is 54.4. The zero-order chi connectivity index (χ0) is 75.0. The first-order valence-corrected chi connectivity index (χ1v) is 39.0. The van der Waals surface area contributed by atoms with Crippen LogP contribution in [0.25, 0.3) is 110 Å². The Bertz CT molecular complexity index is 6190. The van der Waals surface area contributed by atoms with Gasteiger partial charge in [0.05, 0.1) is 0 Å². The summed E-state index contributed by atoms with van der Waals surface area (Å²) in [6.45, 7) is 9.10. The number of ether oxygens (including phenoxy) is 2. The van der Waals surface area contributed by atoms with Gasteiger partial charge in [0, 0.05) is 65.7 Å². The van der Waals surface area contributed by atoms with E-state index in [1.165, 1.54) is 127 Å². The second kappa shape index (κ2) is 29.8. The molecule has 0 saturated carbocycles. The third-order valence-corrected chi connectivity index (χ3v) is 23.0. The molecule has 18 aromatic carbocycles. The Morgan fingerprint density at radius 1 is 0.234 bits per heavy atom. The molecule has 20 rings (SSSR count). The minimum absolute atomic E-state index is 0.0739. The number of nitrogens with zero attached hydrogens (tertiary/aromatic N) is 1. The maximum atomic E-state index is 6.65. The summed E-state index contributed by atoms with van der Waals surface area (Å²) in [4.78, 5) is 2.35. The van der Waals surface area contributed by atoms with Gasteiger partial charge < -0.3 is 14.4 Å². The molecule has 4 heteroatoms. The van der Waals surface area contributed by atoms with Crippen LogP contribution in [0.5, 0.6) is 23.0 Å². The van der Waals surface area contributed by atoms with Crippen molar-refractivity contribution in [3.63, 3.8) is 0 Å². The van der Waals surface area contributed by atoms with E-state index in [4.69, 9.17) is 9.47 Å². The number of anilines is 3. The molecule has 2 aliphatic rings. The molecule has 0 unspecified atom stereocenters. The van der Waals surface area contributed by atoms with E-state index < -0.39 is 0 Å². The minimum atomic E-state index is -0.173. The van der Waals surface area contributed by atoms with E-state index in [0.717, 1.165) is 67.6 Å². The maximum absolute atomic E-state index is 6.65. The summed E-state index contributed by atoms with van der Waals surface area (Å²) in [7, 11) is 0. The maximum Gasteiger partial charge on any atom is 0.139 e. The van der Waals surface area contributed by atoms with Crippen molar-refractivity contribution in [3.8, 4) is 89.8 Å². The molecule has 111 heavy (non-hydrogen) atoms. The van der Waals surface area contributed by atoms with Crippen molar-refractivity contribution >= 4 is 76.1 Å². The van der Waals surface area contributed by atoms with Gasteiger partial charge in [-0.25, -0.2) is 0 Å². The molecule has 0 aliphatic carbocycles. The molecule has 0 amide bonds. The van der Waals surface area contributed by atoms with Crippen LogP contribution in [0.15, 0.2) is 405 Å². The Morgan fingerprint density at radius 2 is 0.477 bits per heavy atom. The van der Waals surface area contributed by atoms with E-state index in [0.29, 0.717) is 0 Å². The van der Waals surface area contributed by atoms with E-state index in [-0.39, 0.29) is 10.8 Å². The van der Waals surface area contributed by atoms with Crippen molar-refractivity contribution in [2.24, 2.45) is 0 Å². The van der Waals surface area contributed by atoms with Gasteiger partial charge >= 0.3 is 0 Å². The number of para-hydroxylation sites is 4. The molecule has 3 nitrogen and oxygen atoms in total. The third-order valence-electron chi connectivity index (χ3n) is 22.5. The predicted octanol–water partition coefficient (Wildman–Crippen LogP) is 30.4. The van der Waals surface area contributed by atoms with Crippen LogP contribution < -0.4 is 14.4 Å². The van der Waals surface area contributed by atoms with Gasteiger partial charge in [-0.3, -0.25) is 0 Å². The Morgan fingerprint density at radius 3 is 0.811 bits per heavy atom. The molecule has 0 N–H and O–H groups in total. The van der Waals surface area contributed by atoms with Gasteiger partial charge in [0.1, 0.15) is 23.0 Å². The predicted molar refractivity (Wildman–Crippen MR) is 471 cm³/mol. The van der Waals surface area contributed by atoms with Gasteiger partial charge in [-0.2, -0.15) is 0 Å². The van der Waals surface area contributed by atoms with E-state index in [9.17, 15) is 0 Å². The average Bonchev–Trinajstić information content (AvgIpc) is 0.755. The largest absolute Gasteiger partial charge is 0.456 e. The Labute approximate surface area is 658 Å². The molecule has 0 aromatic heterocycles. The fourth-order valence-electron chi connectivity index (χ4n) is 16.6. The number of fused-ring (bicyclic) bond motifs is 8. The van der Waals surface area contributed by atoms with Crippen LogP contribution in [-0.4, -0.2) is 0 Å². The van der Waals surface area contributed by atoms with Gasteiger partial charge in [-0.1, -0.05) is 383 Å². The first kappa shape index (κ1) is 69.6. The molecule has 0 fully saturated rings. The molecule has 532 valence electrons. The van der Waals surface area contributed by atoms with Gasteiger partial charge in [0.25, 0.3) is 0 Å². The normalized spacial score (nSPS) is 12.7. The summed E-state index contributed by atoms with van der Waals surface area (Å²) in [5.41, 5.74) is 25.0. The Kier molecular flexibility index (Phi) is 18.7. The summed E-state index contributed by atoms with van der Waals surface area (Å²) < 4.78 is 14.1. The van der Waals surface area contributed by atoms with Gasteiger partial charge in [-0.15, -0.1) is 0 Å². The minimum Gasteiger partial charge on any atom is -0.456 e. The number of rotatable bonds is 11. The van der Waals surface area contributed by atoms with Crippen molar-refractivity contribution in [1.29, 1.82) is 0 Å². The SMILES string of the molecule is CC1(C)c2ccccc2Oc2c(-c3ccc(Br)cc3)cccc21.CC1(C)c2ccccc2Oc2c(-c3ccc(N(c4ccc(-c5cccc6ccccc56)cc4)c4ccc(-c5cccc6ccccc56)cc4)cc3)cccc21.c1ccc2c(-c3ccc(Cc4ccc(-c5cccc6ccccc56)cc4)cc3)cccc2c1. The average molecular weight is 1490 g/mol. The molecule has 0 atom stereocenters. The summed E-state index contributed by atoms with van der Waals surface area (Å²) in [6.07, 6.45) is 0.936. The summed E-state index contributed by atoms with van der Waals surface area (Å²) in [6, 6.07) is 143. The molecular formula is C107H80BrNO2. The van der Waals surface area contributed by atoms with Gasteiger partial charge in [0.2, 0.25) is 0 Å². The lowest BCUT2D eigenvalue weighted by Crippen LogP contribution is -2.24. The van der Waals surface area contributed by atoms with Crippen LogP contribution in [-0.2, 0) is 17.3 Å². The zero-order valence-corrected chi connectivity index (χ0v) is 64.0. The highest BCUT2D eigenvalue weighted by atomic mass is 79.9. The van der Waals surface area contributed by atoms with Crippen molar-refractivity contribution in [3.05, 3.63) is 438 Å². The molecule has 2 heterocycles. The molecule has 0 radical (unpaired) electrons. The van der Waals surface area contributed by atoms with Crippen molar-refractivity contribution in [2.75, 3.05) is 4.90 Å². The quantitative estimate of drug-likeness (QED) is 0.129. The molecule has 2 aliphatic heterocycles. The topological polar surface area (TPSA) is 21.7 Å². The lowest BCUT2D eigenvalue weighted by molar-refractivity contribution is 0.419. The van der Waals surface area contributed by atoms with Crippen molar-refractivity contribution in [1.82, 2.24) is 0 Å². The van der Waals surface area contributed by atoms with Crippen LogP contribution in [0.4, 0.5) is 17.1 Å². The van der Waals surface area contributed by atoms with Crippen LogP contribution in [0.2, 0.25) is 0 Å². The van der Waals surface area contributed by atoms with E-state index in [2.05, 4.69) is 443 Å². The number of benzene rings is 18. The second-order valence-electron chi connectivity index (χ2n) is 30.0. The zero-order valence-electron chi connectivity index (χ0n) is 62.5. The fraction of sp³-hybridized carbons (Fsp3) is 0.0654. The van der Waals surface area contributed by atoms with Crippen LogP contribution in [0.3, 0.4) is 0 Å². The fourth-order valence-corrected chi connectivity index (χ4v) is 16.8. The van der Waals surface area contributed by atoms with Crippen molar-refractivity contribution in [2.45, 2.75) is 44.9 Å². The summed E-state index contributed by atoms with van der Waals surface area (Å²) >= 11 is 3.50. The molecule has 0 saturated heterocycles. The summed E-state index contributed by atoms with van der Waals surface area (Å²) in [5, 5.41) is 10.2. The number of halogens is 1. The Hall–Kier alpha value is -13.1. The highest BCUT2D eigenvalue weighted by molar-refractivity contribution is 9.10. The van der Waals surface area contributed by atoms with Crippen LogP contribution in [0.1, 0.15) is 61.1 Å². The standard InChI is InChI=1S/C53H39NO.C33H24.C21H17BrO/c1-53(2)49-21-7-8-23-51(49)55-52-48(20-11-22-50(52)53)40-28-34-43(35-29-40)54(41-30-24-38(25-31-41)46-18-9-14-36-12-3-5-16-44(36)46)42-32-26-39(27-33-42)47-19-10-15-37-13-4-6-17-45(37)47;1-3-11-30-26(7-1)9-5-13-32(30)28-19-15-24(16-20-28)23-25-17-21-29(22-18-25)33-14-6-10-27-8-2-4-12-31(27)33;1-21(2)17-7-3-4-9-19(17)23-20-16(6-5-8-18(20)21)14-10-12-15(22)13-11-14/h3-35H,1-2H3;1-22H,23H2;3-13H,1-2H3. The number of hydrogen-bond donors (Lipinski definition) is 0. The molecule has 0 spiro atoms. The monoisotopic (exact) mass is 1490 g/mol. The lowest BCUT2D eigenvalue weighted by atomic mass is 9.75. The molecule has 18 aromatic rings. The number of hydrogen-bond acceptors (Lipinski definition) is 3. The lowest BCUT2D eigenvalue weighted by Gasteiger charge is -2.35.